The molecule has 0 saturated heterocycles. The van der Waals surface area contributed by atoms with Gasteiger partial charge in [0.15, 0.2) is 0 Å². The monoisotopic (exact) mass is 291 g/mol. The van der Waals surface area contributed by atoms with E-state index < -0.39 is 11.5 Å². The van der Waals surface area contributed by atoms with E-state index in [4.69, 9.17) is 0 Å². The van der Waals surface area contributed by atoms with E-state index in [1.807, 2.05) is 19.1 Å². The highest BCUT2D eigenvalue weighted by Crippen LogP contribution is 2.20. The van der Waals surface area contributed by atoms with Gasteiger partial charge in [0.1, 0.15) is 5.54 Å². The van der Waals surface area contributed by atoms with Crippen molar-refractivity contribution >= 4 is 11.9 Å². The summed E-state index contributed by atoms with van der Waals surface area (Å²) >= 11 is 0. The number of benzene rings is 1. The van der Waals surface area contributed by atoms with Gasteiger partial charge in [-0.3, -0.25) is 4.79 Å². The van der Waals surface area contributed by atoms with E-state index in [2.05, 4.69) is 24.4 Å². The van der Waals surface area contributed by atoms with Crippen LogP contribution < -0.4 is 5.32 Å². The van der Waals surface area contributed by atoms with Crippen LogP contribution in [0.1, 0.15) is 57.6 Å². The molecule has 2 atom stereocenters. The zero-order chi connectivity index (χ0) is 16.0. The molecular formula is C17H25NO3. The summed E-state index contributed by atoms with van der Waals surface area (Å²) in [6.07, 6.45) is 1.63. The molecule has 0 radical (unpaired) electrons. The molecule has 0 bridgehead atoms. The molecule has 0 aromatic heterocycles. The van der Waals surface area contributed by atoms with Crippen molar-refractivity contribution < 1.29 is 14.7 Å². The highest BCUT2D eigenvalue weighted by molar-refractivity contribution is 5.86. The molecule has 0 aliphatic rings. The predicted molar refractivity (Wildman–Crippen MR) is 83.3 cm³/mol. The summed E-state index contributed by atoms with van der Waals surface area (Å²) in [5, 5.41) is 11.8. The van der Waals surface area contributed by atoms with Gasteiger partial charge in [0.05, 0.1) is 0 Å². The van der Waals surface area contributed by atoms with Gasteiger partial charge >= 0.3 is 5.97 Å². The summed E-state index contributed by atoms with van der Waals surface area (Å²) in [5.41, 5.74) is 1.17. The summed E-state index contributed by atoms with van der Waals surface area (Å²) in [4.78, 5) is 23.3. The lowest BCUT2D eigenvalue weighted by atomic mass is 9.94. The maximum Gasteiger partial charge on any atom is 0.329 e. The minimum atomic E-state index is -1.19. The molecule has 0 spiro atoms. The highest BCUT2D eigenvalue weighted by Gasteiger charge is 2.32. The number of aryl methyl sites for hydroxylation is 1. The topological polar surface area (TPSA) is 66.4 Å². The molecule has 1 amide bonds. The molecule has 0 aliphatic carbocycles. The fourth-order valence-electron chi connectivity index (χ4n) is 2.13. The molecule has 0 heterocycles. The molecule has 2 N–H and O–H groups in total. The van der Waals surface area contributed by atoms with Crippen LogP contribution in [0.5, 0.6) is 0 Å². The lowest BCUT2D eigenvalue weighted by Gasteiger charge is -2.25. The average molecular weight is 291 g/mol. The van der Waals surface area contributed by atoms with E-state index in [0.29, 0.717) is 6.42 Å². The van der Waals surface area contributed by atoms with Crippen molar-refractivity contribution in [2.45, 2.75) is 58.4 Å². The largest absolute Gasteiger partial charge is 0.480 e. The van der Waals surface area contributed by atoms with Crippen LogP contribution in [0.4, 0.5) is 0 Å². The molecule has 1 aromatic rings. The second kappa shape index (κ2) is 7.25. The highest BCUT2D eigenvalue weighted by atomic mass is 16.4. The Bertz CT molecular complexity index is 495. The lowest BCUT2D eigenvalue weighted by molar-refractivity contribution is -0.147. The van der Waals surface area contributed by atoms with E-state index in [1.165, 1.54) is 12.5 Å². The second-order valence-electron chi connectivity index (χ2n) is 5.74. The predicted octanol–water partition coefficient (Wildman–Crippen LogP) is 3.11. The van der Waals surface area contributed by atoms with Gasteiger partial charge in [0, 0.05) is 6.42 Å². The normalized spacial score (nSPS) is 15.0. The number of carboxylic acids is 1. The molecule has 2 unspecified atom stereocenters. The fourth-order valence-corrected chi connectivity index (χ4v) is 2.13. The SMILES string of the molecule is CCc1ccc(C(C)CC(=O)NC(C)(CC)C(=O)O)cc1. The van der Waals surface area contributed by atoms with Crippen LogP contribution in [0.15, 0.2) is 24.3 Å². The van der Waals surface area contributed by atoms with E-state index in [1.54, 1.807) is 6.92 Å². The Hall–Kier alpha value is -1.84. The van der Waals surface area contributed by atoms with Crippen LogP contribution in [0.2, 0.25) is 0 Å². The average Bonchev–Trinajstić information content (AvgIpc) is 2.46. The summed E-state index contributed by atoms with van der Waals surface area (Å²) in [5.74, 6) is -1.17. The summed E-state index contributed by atoms with van der Waals surface area (Å²) < 4.78 is 0. The first-order chi connectivity index (χ1) is 9.82. The molecule has 4 heteroatoms. The van der Waals surface area contributed by atoms with Crippen LogP contribution in [-0.4, -0.2) is 22.5 Å². The number of hydrogen-bond donors (Lipinski definition) is 2. The summed E-state index contributed by atoms with van der Waals surface area (Å²) in [7, 11) is 0. The Kier molecular flexibility index (Phi) is 5.94. The van der Waals surface area contributed by atoms with Crippen molar-refractivity contribution in [2.75, 3.05) is 0 Å². The Labute approximate surface area is 126 Å². The molecular weight excluding hydrogens is 266 g/mol. The van der Waals surface area contributed by atoms with Gasteiger partial charge in [-0.25, -0.2) is 4.79 Å². The van der Waals surface area contributed by atoms with Crippen molar-refractivity contribution in [3.05, 3.63) is 35.4 Å². The number of aliphatic carboxylic acids is 1. The molecule has 4 nitrogen and oxygen atoms in total. The number of rotatable bonds is 7. The number of carbonyl (C=O) groups excluding carboxylic acids is 1. The van der Waals surface area contributed by atoms with E-state index >= 15 is 0 Å². The van der Waals surface area contributed by atoms with Crippen LogP contribution >= 0.6 is 0 Å². The molecule has 1 rings (SSSR count). The Morgan fingerprint density at radius 3 is 2.24 bits per heavy atom. The number of carboxylic acid groups (broad SMARTS) is 1. The maximum absolute atomic E-state index is 12.1. The standard InChI is InChI=1S/C17H25NO3/c1-5-13-7-9-14(10-8-13)12(3)11-15(19)18-17(4,6-2)16(20)21/h7-10,12H,5-6,11H2,1-4H3,(H,18,19)(H,20,21). The minimum Gasteiger partial charge on any atom is -0.480 e. The summed E-state index contributed by atoms with van der Waals surface area (Å²) in [6.45, 7) is 7.36. The van der Waals surface area contributed by atoms with Crippen LogP contribution in [0, 0.1) is 0 Å². The molecule has 0 aliphatic heterocycles. The van der Waals surface area contributed by atoms with Crippen molar-refractivity contribution in [2.24, 2.45) is 0 Å². The number of nitrogens with one attached hydrogen (secondary N) is 1. The van der Waals surface area contributed by atoms with Crippen molar-refractivity contribution in [1.29, 1.82) is 0 Å². The zero-order valence-electron chi connectivity index (χ0n) is 13.3. The van der Waals surface area contributed by atoms with Crippen molar-refractivity contribution in [3.8, 4) is 0 Å². The lowest BCUT2D eigenvalue weighted by Crippen LogP contribution is -2.51. The third-order valence-electron chi connectivity index (χ3n) is 4.04. The van der Waals surface area contributed by atoms with Gasteiger partial charge in [0.2, 0.25) is 5.91 Å². The van der Waals surface area contributed by atoms with Gasteiger partial charge in [-0.2, -0.15) is 0 Å². The quantitative estimate of drug-likeness (QED) is 0.811. The minimum absolute atomic E-state index is 0.0609. The van der Waals surface area contributed by atoms with Crippen molar-refractivity contribution in [3.63, 3.8) is 0 Å². The van der Waals surface area contributed by atoms with Crippen LogP contribution in [-0.2, 0) is 16.0 Å². The van der Waals surface area contributed by atoms with E-state index in [9.17, 15) is 14.7 Å². The van der Waals surface area contributed by atoms with E-state index in [-0.39, 0.29) is 18.2 Å². The van der Waals surface area contributed by atoms with Crippen molar-refractivity contribution in [1.82, 2.24) is 5.32 Å². The Morgan fingerprint density at radius 2 is 1.81 bits per heavy atom. The van der Waals surface area contributed by atoms with Gasteiger partial charge in [-0.15, -0.1) is 0 Å². The van der Waals surface area contributed by atoms with E-state index in [0.717, 1.165) is 12.0 Å². The van der Waals surface area contributed by atoms with Gasteiger partial charge in [-0.05, 0) is 36.8 Å². The van der Waals surface area contributed by atoms with Gasteiger partial charge < -0.3 is 10.4 Å². The Morgan fingerprint density at radius 1 is 1.24 bits per heavy atom. The van der Waals surface area contributed by atoms with Crippen LogP contribution in [0.3, 0.4) is 0 Å². The first-order valence-electron chi connectivity index (χ1n) is 7.45. The van der Waals surface area contributed by atoms with Gasteiger partial charge in [-0.1, -0.05) is 45.0 Å². The first kappa shape index (κ1) is 17.2. The number of amides is 1. The number of hydrogen-bond acceptors (Lipinski definition) is 2. The van der Waals surface area contributed by atoms with Gasteiger partial charge in [0.25, 0.3) is 0 Å². The second-order valence-corrected chi connectivity index (χ2v) is 5.74. The number of carbonyl (C=O) groups is 2. The molecule has 0 saturated carbocycles. The van der Waals surface area contributed by atoms with Crippen LogP contribution in [0.25, 0.3) is 0 Å². The smallest absolute Gasteiger partial charge is 0.329 e. The first-order valence-corrected chi connectivity index (χ1v) is 7.45. The maximum atomic E-state index is 12.1. The fraction of sp³-hybridized carbons (Fsp3) is 0.529. The molecule has 21 heavy (non-hydrogen) atoms. The summed E-state index contributed by atoms with van der Waals surface area (Å²) in [6, 6.07) is 8.20. The molecule has 1 aromatic carbocycles. The molecule has 116 valence electrons. The third kappa shape index (κ3) is 4.59. The zero-order valence-corrected chi connectivity index (χ0v) is 13.3. The molecule has 0 fully saturated rings. The Balaban J connectivity index is 2.67. The third-order valence-corrected chi connectivity index (χ3v) is 4.04.